The lowest BCUT2D eigenvalue weighted by molar-refractivity contribution is 0.901. The molecule has 0 saturated carbocycles. The van der Waals surface area contributed by atoms with E-state index in [1.807, 2.05) is 6.92 Å². The highest BCUT2D eigenvalue weighted by atomic mass is 15.3. The SMILES string of the molecule is C=C/C(C)=N\NC. The molecule has 0 rings (SSSR count). The van der Waals surface area contributed by atoms with Crippen molar-refractivity contribution in [3.05, 3.63) is 12.7 Å². The number of hydrazone groups is 1. The Hall–Kier alpha value is -0.790. The zero-order valence-corrected chi connectivity index (χ0v) is 4.73. The molecular weight excluding hydrogens is 88.1 g/mol. The second-order valence-electron chi connectivity index (χ2n) is 1.18. The number of nitrogens with zero attached hydrogens (tertiary/aromatic N) is 1. The smallest absolute Gasteiger partial charge is 0.0566 e. The number of hydrogen-bond acceptors (Lipinski definition) is 2. The minimum absolute atomic E-state index is 0.905. The van der Waals surface area contributed by atoms with Crippen LogP contribution in [-0.2, 0) is 0 Å². The van der Waals surface area contributed by atoms with Gasteiger partial charge in [-0.05, 0) is 13.0 Å². The van der Waals surface area contributed by atoms with E-state index in [9.17, 15) is 0 Å². The highest BCUT2D eigenvalue weighted by molar-refractivity contribution is 5.91. The van der Waals surface area contributed by atoms with Gasteiger partial charge in [0.05, 0.1) is 5.71 Å². The van der Waals surface area contributed by atoms with E-state index in [1.54, 1.807) is 13.1 Å². The average Bonchev–Trinajstić information content (AvgIpc) is 1.68. The molecule has 0 amide bonds. The zero-order valence-electron chi connectivity index (χ0n) is 4.73. The van der Waals surface area contributed by atoms with E-state index >= 15 is 0 Å². The molecular formula is C5H10N2. The van der Waals surface area contributed by atoms with Crippen LogP contribution in [0.5, 0.6) is 0 Å². The molecule has 0 aromatic rings. The third-order valence-electron chi connectivity index (χ3n) is 0.584. The average molecular weight is 98.1 g/mol. The Morgan fingerprint density at radius 3 is 2.57 bits per heavy atom. The summed E-state index contributed by atoms with van der Waals surface area (Å²) in [5, 5.41) is 3.79. The van der Waals surface area contributed by atoms with Gasteiger partial charge in [0, 0.05) is 7.05 Å². The molecule has 0 aromatic heterocycles. The van der Waals surface area contributed by atoms with E-state index in [1.165, 1.54) is 0 Å². The van der Waals surface area contributed by atoms with Gasteiger partial charge >= 0.3 is 0 Å². The predicted octanol–water partition coefficient (Wildman–Crippen LogP) is 0.768. The summed E-state index contributed by atoms with van der Waals surface area (Å²) < 4.78 is 0. The van der Waals surface area contributed by atoms with Gasteiger partial charge in [-0.25, -0.2) is 0 Å². The number of nitrogens with one attached hydrogen (secondary N) is 1. The number of rotatable bonds is 2. The fourth-order valence-corrected chi connectivity index (χ4v) is 0.222. The van der Waals surface area contributed by atoms with Crippen molar-refractivity contribution in [1.29, 1.82) is 0 Å². The Morgan fingerprint density at radius 1 is 1.86 bits per heavy atom. The summed E-state index contributed by atoms with van der Waals surface area (Å²) in [6.45, 7) is 5.39. The van der Waals surface area contributed by atoms with Crippen molar-refractivity contribution in [2.24, 2.45) is 5.10 Å². The molecule has 0 radical (unpaired) electrons. The van der Waals surface area contributed by atoms with Crippen molar-refractivity contribution in [3.63, 3.8) is 0 Å². The molecule has 0 spiro atoms. The third-order valence-corrected chi connectivity index (χ3v) is 0.584. The van der Waals surface area contributed by atoms with Gasteiger partial charge in [0.15, 0.2) is 0 Å². The Bertz CT molecular complexity index is 84.1. The first-order valence-electron chi connectivity index (χ1n) is 2.14. The van der Waals surface area contributed by atoms with E-state index in [4.69, 9.17) is 0 Å². The van der Waals surface area contributed by atoms with Crippen molar-refractivity contribution < 1.29 is 0 Å². The summed E-state index contributed by atoms with van der Waals surface area (Å²) in [6.07, 6.45) is 1.69. The van der Waals surface area contributed by atoms with Crippen LogP contribution in [0.25, 0.3) is 0 Å². The molecule has 2 nitrogen and oxygen atoms in total. The van der Waals surface area contributed by atoms with Crippen LogP contribution in [0.15, 0.2) is 17.8 Å². The molecule has 0 unspecified atom stereocenters. The van der Waals surface area contributed by atoms with Crippen LogP contribution in [0.2, 0.25) is 0 Å². The summed E-state index contributed by atoms with van der Waals surface area (Å²) in [5.41, 5.74) is 3.54. The van der Waals surface area contributed by atoms with Crippen molar-refractivity contribution >= 4 is 5.71 Å². The van der Waals surface area contributed by atoms with Gasteiger partial charge in [-0.3, -0.25) is 0 Å². The Balaban J connectivity index is 3.49. The molecule has 1 N–H and O–H groups in total. The molecule has 0 aromatic carbocycles. The molecule has 0 aliphatic carbocycles. The van der Waals surface area contributed by atoms with Gasteiger partial charge in [0.25, 0.3) is 0 Å². The third kappa shape index (κ3) is 3.03. The molecule has 40 valence electrons. The maximum atomic E-state index is 3.79. The summed E-state index contributed by atoms with van der Waals surface area (Å²) in [6, 6.07) is 0. The van der Waals surface area contributed by atoms with E-state index in [0.717, 1.165) is 5.71 Å². The monoisotopic (exact) mass is 98.1 g/mol. The first-order chi connectivity index (χ1) is 3.31. The van der Waals surface area contributed by atoms with Crippen LogP contribution in [0.3, 0.4) is 0 Å². The standard InChI is InChI=1S/C5H10N2/c1-4-5(2)7-6-3/h4,6H,1H2,2-3H3/b7-5-. The molecule has 0 saturated heterocycles. The predicted molar refractivity (Wildman–Crippen MR) is 32.4 cm³/mol. The molecule has 2 heteroatoms. The van der Waals surface area contributed by atoms with E-state index in [-0.39, 0.29) is 0 Å². The zero-order chi connectivity index (χ0) is 5.70. The number of allylic oxidation sites excluding steroid dienone is 1. The maximum Gasteiger partial charge on any atom is 0.0566 e. The quantitative estimate of drug-likeness (QED) is 0.400. The maximum absolute atomic E-state index is 3.79. The van der Waals surface area contributed by atoms with Gasteiger partial charge in [-0.2, -0.15) is 5.10 Å². The van der Waals surface area contributed by atoms with Crippen LogP contribution in [-0.4, -0.2) is 12.8 Å². The summed E-state index contributed by atoms with van der Waals surface area (Å²) in [5.74, 6) is 0. The summed E-state index contributed by atoms with van der Waals surface area (Å²) in [4.78, 5) is 0. The fourth-order valence-electron chi connectivity index (χ4n) is 0.222. The highest BCUT2D eigenvalue weighted by Gasteiger charge is 1.72. The first kappa shape index (κ1) is 6.21. The largest absolute Gasteiger partial charge is 0.313 e. The molecule has 0 bridgehead atoms. The van der Waals surface area contributed by atoms with Crippen LogP contribution in [0.4, 0.5) is 0 Å². The van der Waals surface area contributed by atoms with E-state index < -0.39 is 0 Å². The van der Waals surface area contributed by atoms with Crippen LogP contribution in [0.1, 0.15) is 6.92 Å². The minimum atomic E-state index is 0.905. The Kier molecular flexibility index (Phi) is 3.02. The van der Waals surface area contributed by atoms with Gasteiger partial charge < -0.3 is 5.43 Å². The molecule has 0 atom stereocenters. The van der Waals surface area contributed by atoms with Crippen LogP contribution < -0.4 is 5.43 Å². The van der Waals surface area contributed by atoms with Crippen LogP contribution in [0, 0.1) is 0 Å². The number of hydrogen-bond donors (Lipinski definition) is 1. The van der Waals surface area contributed by atoms with Gasteiger partial charge in [-0.1, -0.05) is 6.58 Å². The second kappa shape index (κ2) is 3.40. The molecule has 0 fully saturated rings. The fraction of sp³-hybridized carbons (Fsp3) is 0.400. The topological polar surface area (TPSA) is 24.4 Å². The van der Waals surface area contributed by atoms with E-state index in [2.05, 4.69) is 17.1 Å². The lowest BCUT2D eigenvalue weighted by atomic mass is 10.4. The molecule has 7 heavy (non-hydrogen) atoms. The first-order valence-corrected chi connectivity index (χ1v) is 2.14. The lowest BCUT2D eigenvalue weighted by Gasteiger charge is -1.86. The van der Waals surface area contributed by atoms with Crippen molar-refractivity contribution in [2.75, 3.05) is 7.05 Å². The minimum Gasteiger partial charge on any atom is -0.313 e. The molecule has 0 aliphatic heterocycles. The Labute approximate surface area is 43.9 Å². The van der Waals surface area contributed by atoms with E-state index in [0.29, 0.717) is 0 Å². The van der Waals surface area contributed by atoms with Gasteiger partial charge in [0.1, 0.15) is 0 Å². The normalized spacial score (nSPS) is 10.9. The summed E-state index contributed by atoms with van der Waals surface area (Å²) >= 11 is 0. The van der Waals surface area contributed by atoms with Crippen molar-refractivity contribution in [1.82, 2.24) is 5.43 Å². The molecule has 0 heterocycles. The van der Waals surface area contributed by atoms with Crippen molar-refractivity contribution in [2.45, 2.75) is 6.92 Å². The molecule has 0 aliphatic rings. The lowest BCUT2D eigenvalue weighted by Crippen LogP contribution is -1.97. The van der Waals surface area contributed by atoms with Gasteiger partial charge in [0.2, 0.25) is 0 Å². The second-order valence-corrected chi connectivity index (χ2v) is 1.18. The summed E-state index contributed by atoms with van der Waals surface area (Å²) in [7, 11) is 1.76. The highest BCUT2D eigenvalue weighted by Crippen LogP contribution is 1.70. The van der Waals surface area contributed by atoms with Crippen LogP contribution >= 0.6 is 0 Å². The Morgan fingerprint density at radius 2 is 2.43 bits per heavy atom. The van der Waals surface area contributed by atoms with Gasteiger partial charge in [-0.15, -0.1) is 0 Å². The van der Waals surface area contributed by atoms with Crippen molar-refractivity contribution in [3.8, 4) is 0 Å².